The highest BCUT2D eigenvalue weighted by Gasteiger charge is 2.23. The average molecular weight is 240 g/mol. The maximum absolute atomic E-state index is 13.8. The third kappa shape index (κ3) is 2.82. The summed E-state index contributed by atoms with van der Waals surface area (Å²) in [4.78, 5) is 2.22. The van der Waals surface area contributed by atoms with Crippen LogP contribution in [-0.4, -0.2) is 31.1 Å². The zero-order valence-electron chi connectivity index (χ0n) is 10.0. The van der Waals surface area contributed by atoms with Crippen molar-refractivity contribution < 1.29 is 8.78 Å². The second-order valence-electron chi connectivity index (χ2n) is 4.38. The Morgan fingerprint density at radius 2 is 2.00 bits per heavy atom. The van der Waals surface area contributed by atoms with Gasteiger partial charge >= 0.3 is 0 Å². The monoisotopic (exact) mass is 240 g/mol. The molecule has 0 radical (unpaired) electrons. The Morgan fingerprint density at radius 3 is 2.65 bits per heavy atom. The number of rotatable bonds is 3. The first-order valence-corrected chi connectivity index (χ1v) is 6.12. The smallest absolute Gasteiger partial charge is 0.128 e. The molecule has 1 fully saturated rings. The first-order valence-electron chi connectivity index (χ1n) is 6.12. The standard InChI is InChI=1S/C13H18F2N2/c1-2-13(17-7-5-16-6-8-17)11-9-10(14)3-4-12(11)15/h3-4,9,13,16H,2,5-8H2,1H3/t13-/m1/s1. The molecular weight excluding hydrogens is 222 g/mol. The number of nitrogens with one attached hydrogen (secondary N) is 1. The fourth-order valence-corrected chi connectivity index (χ4v) is 2.44. The Hall–Kier alpha value is -1.00. The van der Waals surface area contributed by atoms with Crippen LogP contribution in [0, 0.1) is 11.6 Å². The molecule has 1 atom stereocenters. The summed E-state index contributed by atoms with van der Waals surface area (Å²) in [7, 11) is 0. The molecule has 94 valence electrons. The second-order valence-corrected chi connectivity index (χ2v) is 4.38. The van der Waals surface area contributed by atoms with Gasteiger partial charge in [0.15, 0.2) is 0 Å². The van der Waals surface area contributed by atoms with Gasteiger partial charge in [0, 0.05) is 37.8 Å². The van der Waals surface area contributed by atoms with Crippen molar-refractivity contribution in [1.82, 2.24) is 10.2 Å². The molecule has 1 aliphatic rings. The molecule has 0 bridgehead atoms. The molecule has 0 spiro atoms. The summed E-state index contributed by atoms with van der Waals surface area (Å²) in [5.74, 6) is -0.674. The first-order chi connectivity index (χ1) is 8.22. The van der Waals surface area contributed by atoms with E-state index in [2.05, 4.69) is 10.2 Å². The van der Waals surface area contributed by atoms with Crippen LogP contribution < -0.4 is 5.32 Å². The van der Waals surface area contributed by atoms with Crippen LogP contribution in [0.3, 0.4) is 0 Å². The fraction of sp³-hybridized carbons (Fsp3) is 0.538. The molecule has 0 amide bonds. The van der Waals surface area contributed by atoms with Gasteiger partial charge in [0.2, 0.25) is 0 Å². The molecule has 1 aromatic carbocycles. The molecule has 4 heteroatoms. The quantitative estimate of drug-likeness (QED) is 0.872. The molecule has 1 aliphatic heterocycles. The predicted octanol–water partition coefficient (Wildman–Crippen LogP) is 2.32. The van der Waals surface area contributed by atoms with Gasteiger partial charge in [0.25, 0.3) is 0 Å². The average Bonchev–Trinajstić information content (AvgIpc) is 2.36. The van der Waals surface area contributed by atoms with Crippen LogP contribution in [0.15, 0.2) is 18.2 Å². The van der Waals surface area contributed by atoms with Crippen LogP contribution in [-0.2, 0) is 0 Å². The van der Waals surface area contributed by atoms with E-state index in [9.17, 15) is 8.78 Å². The lowest BCUT2D eigenvalue weighted by Crippen LogP contribution is -2.45. The highest BCUT2D eigenvalue weighted by Crippen LogP contribution is 2.27. The van der Waals surface area contributed by atoms with Crippen molar-refractivity contribution >= 4 is 0 Å². The van der Waals surface area contributed by atoms with Gasteiger partial charge in [0.05, 0.1) is 0 Å². The van der Waals surface area contributed by atoms with Crippen LogP contribution in [0.2, 0.25) is 0 Å². The van der Waals surface area contributed by atoms with Crippen LogP contribution >= 0.6 is 0 Å². The molecular formula is C13H18F2N2. The second kappa shape index (κ2) is 5.56. The molecule has 0 aromatic heterocycles. The van der Waals surface area contributed by atoms with E-state index in [1.165, 1.54) is 18.2 Å². The van der Waals surface area contributed by atoms with Gasteiger partial charge in [-0.15, -0.1) is 0 Å². The molecule has 1 N–H and O–H groups in total. The largest absolute Gasteiger partial charge is 0.314 e. The van der Waals surface area contributed by atoms with Crippen molar-refractivity contribution in [2.45, 2.75) is 19.4 Å². The fourth-order valence-electron chi connectivity index (χ4n) is 2.44. The van der Waals surface area contributed by atoms with E-state index in [1.54, 1.807) is 0 Å². The number of hydrogen-bond donors (Lipinski definition) is 1. The Morgan fingerprint density at radius 1 is 1.29 bits per heavy atom. The summed E-state index contributed by atoms with van der Waals surface area (Å²) in [6, 6.07) is 3.69. The molecule has 2 rings (SSSR count). The molecule has 0 aliphatic carbocycles. The van der Waals surface area contributed by atoms with E-state index in [-0.39, 0.29) is 17.7 Å². The molecule has 2 nitrogen and oxygen atoms in total. The lowest BCUT2D eigenvalue weighted by atomic mass is 10.0. The van der Waals surface area contributed by atoms with Crippen LogP contribution in [0.25, 0.3) is 0 Å². The number of hydrogen-bond acceptors (Lipinski definition) is 2. The van der Waals surface area contributed by atoms with Crippen LogP contribution in [0.1, 0.15) is 24.9 Å². The summed E-state index contributed by atoms with van der Waals surface area (Å²) < 4.78 is 27.0. The minimum Gasteiger partial charge on any atom is -0.314 e. The van der Waals surface area contributed by atoms with Crippen LogP contribution in [0.5, 0.6) is 0 Å². The lowest BCUT2D eigenvalue weighted by molar-refractivity contribution is 0.166. The molecule has 1 saturated heterocycles. The third-order valence-corrected chi connectivity index (χ3v) is 3.30. The zero-order chi connectivity index (χ0) is 12.3. The summed E-state index contributed by atoms with van der Waals surface area (Å²) in [6.07, 6.45) is 0.792. The van der Waals surface area contributed by atoms with E-state index in [0.717, 1.165) is 32.6 Å². The summed E-state index contributed by atoms with van der Waals surface area (Å²) >= 11 is 0. The van der Waals surface area contributed by atoms with Gasteiger partial charge in [0.1, 0.15) is 11.6 Å². The zero-order valence-corrected chi connectivity index (χ0v) is 10.0. The third-order valence-electron chi connectivity index (χ3n) is 3.30. The van der Waals surface area contributed by atoms with Crippen molar-refractivity contribution in [1.29, 1.82) is 0 Å². The highest BCUT2D eigenvalue weighted by molar-refractivity contribution is 5.22. The Bertz CT molecular complexity index is 376. The topological polar surface area (TPSA) is 15.3 Å². The van der Waals surface area contributed by atoms with Gasteiger partial charge in [-0.25, -0.2) is 8.78 Å². The van der Waals surface area contributed by atoms with Gasteiger partial charge in [-0.2, -0.15) is 0 Å². The first kappa shape index (κ1) is 12.5. The van der Waals surface area contributed by atoms with Gasteiger partial charge in [-0.1, -0.05) is 6.92 Å². The van der Waals surface area contributed by atoms with Crippen LogP contribution in [0.4, 0.5) is 8.78 Å². The van der Waals surface area contributed by atoms with Crippen molar-refractivity contribution in [2.24, 2.45) is 0 Å². The van der Waals surface area contributed by atoms with Gasteiger partial charge < -0.3 is 5.32 Å². The Kier molecular flexibility index (Phi) is 4.07. The van der Waals surface area contributed by atoms with Crippen molar-refractivity contribution in [3.63, 3.8) is 0 Å². The molecule has 1 heterocycles. The van der Waals surface area contributed by atoms with Gasteiger partial charge in [-0.3, -0.25) is 4.90 Å². The van der Waals surface area contributed by atoms with Crippen molar-refractivity contribution in [2.75, 3.05) is 26.2 Å². The summed E-state index contributed by atoms with van der Waals surface area (Å²) in [6.45, 7) is 5.60. The van der Waals surface area contributed by atoms with E-state index in [4.69, 9.17) is 0 Å². The highest BCUT2D eigenvalue weighted by atomic mass is 19.1. The minimum absolute atomic E-state index is 0.0206. The normalized spacial score (nSPS) is 19.2. The van der Waals surface area contributed by atoms with E-state index >= 15 is 0 Å². The number of benzene rings is 1. The maximum atomic E-state index is 13.8. The molecule has 0 unspecified atom stereocenters. The maximum Gasteiger partial charge on any atom is 0.128 e. The van der Waals surface area contributed by atoms with E-state index in [1.807, 2.05) is 6.92 Å². The van der Waals surface area contributed by atoms with E-state index < -0.39 is 0 Å². The minimum atomic E-state index is -0.366. The number of halogens is 2. The lowest BCUT2D eigenvalue weighted by Gasteiger charge is -2.34. The Labute approximate surface area is 101 Å². The number of piperazine rings is 1. The van der Waals surface area contributed by atoms with Gasteiger partial charge in [-0.05, 0) is 24.6 Å². The predicted molar refractivity (Wildman–Crippen MR) is 63.8 cm³/mol. The number of nitrogens with zero attached hydrogens (tertiary/aromatic N) is 1. The summed E-state index contributed by atoms with van der Waals surface area (Å²) in [5, 5.41) is 3.26. The van der Waals surface area contributed by atoms with E-state index in [0.29, 0.717) is 5.56 Å². The Balaban J connectivity index is 2.24. The molecule has 0 saturated carbocycles. The summed E-state index contributed by atoms with van der Waals surface area (Å²) in [5.41, 5.74) is 0.481. The molecule has 1 aromatic rings. The van der Waals surface area contributed by atoms with Crippen molar-refractivity contribution in [3.8, 4) is 0 Å². The van der Waals surface area contributed by atoms with Crippen molar-refractivity contribution in [3.05, 3.63) is 35.4 Å². The molecule has 17 heavy (non-hydrogen) atoms. The SMILES string of the molecule is CC[C@H](c1cc(F)ccc1F)N1CCNCC1.